The number of rotatable bonds is 7. The van der Waals surface area contributed by atoms with Crippen molar-refractivity contribution >= 4 is 29.1 Å². The van der Waals surface area contributed by atoms with Crippen molar-refractivity contribution in [2.24, 2.45) is 0 Å². The second-order valence-corrected chi connectivity index (χ2v) is 6.60. The molecule has 0 saturated heterocycles. The Balaban J connectivity index is 1.80. The van der Waals surface area contributed by atoms with Gasteiger partial charge in [0, 0.05) is 16.6 Å². The lowest BCUT2D eigenvalue weighted by atomic mass is 10.1. The van der Waals surface area contributed by atoms with Gasteiger partial charge in [0.15, 0.2) is 0 Å². The van der Waals surface area contributed by atoms with Crippen LogP contribution in [0.5, 0.6) is 5.75 Å². The lowest BCUT2D eigenvalue weighted by molar-refractivity contribution is -0.120. The zero-order chi connectivity index (χ0) is 17.5. The van der Waals surface area contributed by atoms with E-state index in [4.69, 9.17) is 27.9 Å². The molecule has 3 nitrogen and oxygen atoms in total. The number of carbonyl (C=O) groups is 1. The summed E-state index contributed by atoms with van der Waals surface area (Å²) in [7, 11) is 0. The smallest absolute Gasteiger partial charge is 0.224 e. The van der Waals surface area contributed by atoms with Gasteiger partial charge in [-0.15, -0.1) is 0 Å². The van der Waals surface area contributed by atoms with E-state index in [1.54, 1.807) is 18.2 Å². The minimum absolute atomic E-state index is 0.0928. The monoisotopic (exact) mass is 365 g/mol. The van der Waals surface area contributed by atoms with Crippen LogP contribution in [0.25, 0.3) is 0 Å². The molecule has 0 atom stereocenters. The van der Waals surface area contributed by atoms with Gasteiger partial charge >= 0.3 is 0 Å². The largest absolute Gasteiger partial charge is 0.491 e. The molecule has 0 aliphatic heterocycles. The summed E-state index contributed by atoms with van der Waals surface area (Å²) in [6.45, 7) is 4.55. The molecule has 0 spiro atoms. The molecule has 128 valence electrons. The van der Waals surface area contributed by atoms with Crippen molar-refractivity contribution < 1.29 is 9.53 Å². The van der Waals surface area contributed by atoms with Crippen molar-refractivity contribution in [2.45, 2.75) is 32.8 Å². The van der Waals surface area contributed by atoms with Gasteiger partial charge in [-0.3, -0.25) is 4.79 Å². The molecule has 24 heavy (non-hydrogen) atoms. The highest BCUT2D eigenvalue weighted by molar-refractivity contribution is 6.36. The molecule has 0 fully saturated rings. The summed E-state index contributed by atoms with van der Waals surface area (Å²) in [5.41, 5.74) is 1.80. The number of nitrogens with one attached hydrogen (secondary N) is 1. The predicted octanol–water partition coefficient (Wildman–Crippen LogP) is 4.68. The molecule has 2 rings (SSSR count). The van der Waals surface area contributed by atoms with Crippen molar-refractivity contribution in [3.8, 4) is 5.75 Å². The summed E-state index contributed by atoms with van der Waals surface area (Å²) in [6, 6.07) is 13.1. The van der Waals surface area contributed by atoms with Crippen LogP contribution in [-0.2, 0) is 17.6 Å². The maximum atomic E-state index is 12.0. The molecule has 0 bridgehead atoms. The number of hydrogen-bond acceptors (Lipinski definition) is 2. The van der Waals surface area contributed by atoms with Gasteiger partial charge in [0.1, 0.15) is 5.75 Å². The van der Waals surface area contributed by atoms with Crippen LogP contribution < -0.4 is 10.1 Å². The second kappa shape index (κ2) is 8.95. The zero-order valence-electron chi connectivity index (χ0n) is 13.8. The Kier molecular flexibility index (Phi) is 6.95. The quantitative estimate of drug-likeness (QED) is 0.773. The van der Waals surface area contributed by atoms with Gasteiger partial charge in [0.2, 0.25) is 5.91 Å². The summed E-state index contributed by atoms with van der Waals surface area (Å²) in [4.78, 5) is 12.0. The first-order valence-corrected chi connectivity index (χ1v) is 8.66. The molecule has 0 aliphatic carbocycles. The van der Waals surface area contributed by atoms with Crippen molar-refractivity contribution in [3.05, 3.63) is 63.6 Å². The van der Waals surface area contributed by atoms with Gasteiger partial charge in [-0.25, -0.2) is 0 Å². The van der Waals surface area contributed by atoms with E-state index in [9.17, 15) is 4.79 Å². The zero-order valence-corrected chi connectivity index (χ0v) is 15.3. The van der Waals surface area contributed by atoms with E-state index in [0.717, 1.165) is 17.7 Å². The number of benzene rings is 2. The highest BCUT2D eigenvalue weighted by atomic mass is 35.5. The van der Waals surface area contributed by atoms with Gasteiger partial charge < -0.3 is 10.1 Å². The maximum absolute atomic E-state index is 12.0. The Bertz CT molecular complexity index is 664. The van der Waals surface area contributed by atoms with Gasteiger partial charge in [-0.05, 0) is 55.7 Å². The Morgan fingerprint density at radius 1 is 1.08 bits per heavy atom. The van der Waals surface area contributed by atoms with E-state index in [0.29, 0.717) is 22.2 Å². The van der Waals surface area contributed by atoms with E-state index in [2.05, 4.69) is 5.32 Å². The standard InChI is InChI=1S/C19H21Cl2NO2/c1-13(2)24-15-8-6-14(7-9-15)10-11-22-19(23)12-16-17(20)4-3-5-18(16)21/h3-9,13H,10-12H2,1-2H3,(H,22,23). The van der Waals surface area contributed by atoms with E-state index in [1.807, 2.05) is 38.1 Å². The number of ether oxygens (including phenoxy) is 1. The normalized spacial score (nSPS) is 10.7. The van der Waals surface area contributed by atoms with Crippen LogP contribution in [0.1, 0.15) is 25.0 Å². The third-order valence-corrected chi connectivity index (χ3v) is 4.14. The molecular weight excluding hydrogens is 345 g/mol. The van der Waals surface area contributed by atoms with E-state index < -0.39 is 0 Å². The van der Waals surface area contributed by atoms with Gasteiger partial charge in [-0.1, -0.05) is 41.4 Å². The summed E-state index contributed by atoms with van der Waals surface area (Å²) >= 11 is 12.2. The first-order chi connectivity index (χ1) is 11.5. The Hall–Kier alpha value is -1.71. The van der Waals surface area contributed by atoms with Crippen molar-refractivity contribution in [1.29, 1.82) is 0 Å². The summed E-state index contributed by atoms with van der Waals surface area (Å²) in [6.07, 6.45) is 1.09. The SMILES string of the molecule is CC(C)Oc1ccc(CCNC(=O)Cc2c(Cl)cccc2Cl)cc1. The van der Waals surface area contributed by atoms with E-state index >= 15 is 0 Å². The molecule has 2 aromatic carbocycles. The summed E-state index contributed by atoms with van der Waals surface area (Å²) < 4.78 is 5.61. The lowest BCUT2D eigenvalue weighted by Crippen LogP contribution is -2.27. The van der Waals surface area contributed by atoms with E-state index in [-0.39, 0.29) is 18.4 Å². The molecule has 0 aliphatic rings. The Morgan fingerprint density at radius 2 is 1.71 bits per heavy atom. The van der Waals surface area contributed by atoms with Gasteiger partial charge in [-0.2, -0.15) is 0 Å². The number of hydrogen-bond donors (Lipinski definition) is 1. The van der Waals surface area contributed by atoms with Crippen molar-refractivity contribution in [2.75, 3.05) is 6.54 Å². The fourth-order valence-electron chi connectivity index (χ4n) is 2.28. The minimum Gasteiger partial charge on any atom is -0.491 e. The third kappa shape index (κ3) is 5.73. The molecule has 0 aromatic heterocycles. The number of amides is 1. The summed E-state index contributed by atoms with van der Waals surface area (Å²) in [5.74, 6) is 0.760. The van der Waals surface area contributed by atoms with Crippen LogP contribution in [-0.4, -0.2) is 18.6 Å². The van der Waals surface area contributed by atoms with E-state index in [1.165, 1.54) is 0 Å². The van der Waals surface area contributed by atoms with Crippen LogP contribution in [0.4, 0.5) is 0 Å². The van der Waals surface area contributed by atoms with Crippen molar-refractivity contribution in [1.82, 2.24) is 5.32 Å². The second-order valence-electron chi connectivity index (χ2n) is 5.79. The molecule has 0 saturated carbocycles. The fourth-order valence-corrected chi connectivity index (χ4v) is 2.81. The van der Waals surface area contributed by atoms with Crippen LogP contribution in [0, 0.1) is 0 Å². The molecule has 1 N–H and O–H groups in total. The highest BCUT2D eigenvalue weighted by Crippen LogP contribution is 2.24. The Morgan fingerprint density at radius 3 is 2.29 bits per heavy atom. The fraction of sp³-hybridized carbons (Fsp3) is 0.316. The maximum Gasteiger partial charge on any atom is 0.224 e. The molecule has 5 heteroatoms. The van der Waals surface area contributed by atoms with Crippen molar-refractivity contribution in [3.63, 3.8) is 0 Å². The van der Waals surface area contributed by atoms with Crippen LogP contribution >= 0.6 is 23.2 Å². The van der Waals surface area contributed by atoms with Crippen LogP contribution in [0.15, 0.2) is 42.5 Å². The minimum atomic E-state index is -0.0928. The molecule has 0 radical (unpaired) electrons. The topological polar surface area (TPSA) is 38.3 Å². The molecule has 0 heterocycles. The average Bonchev–Trinajstić information content (AvgIpc) is 2.52. The molecule has 2 aromatic rings. The van der Waals surface area contributed by atoms with Gasteiger partial charge in [0.25, 0.3) is 0 Å². The molecular formula is C19H21Cl2NO2. The summed E-state index contributed by atoms with van der Waals surface area (Å²) in [5, 5.41) is 3.92. The van der Waals surface area contributed by atoms with Crippen LogP contribution in [0.2, 0.25) is 10.0 Å². The number of halogens is 2. The molecule has 0 unspecified atom stereocenters. The van der Waals surface area contributed by atoms with Gasteiger partial charge in [0.05, 0.1) is 12.5 Å². The number of carbonyl (C=O) groups excluding carboxylic acids is 1. The lowest BCUT2D eigenvalue weighted by Gasteiger charge is -2.11. The Labute approximate surface area is 152 Å². The third-order valence-electron chi connectivity index (χ3n) is 3.43. The highest BCUT2D eigenvalue weighted by Gasteiger charge is 2.10. The first-order valence-electron chi connectivity index (χ1n) is 7.91. The first kappa shape index (κ1) is 18.6. The average molecular weight is 366 g/mol. The molecule has 1 amide bonds. The predicted molar refractivity (Wildman–Crippen MR) is 99.1 cm³/mol. The van der Waals surface area contributed by atoms with Crippen LogP contribution in [0.3, 0.4) is 0 Å².